The highest BCUT2D eigenvalue weighted by Gasteiger charge is 2.20. The molecular weight excluding hydrogens is 210 g/mol. The van der Waals surface area contributed by atoms with Crippen molar-refractivity contribution in [2.75, 3.05) is 5.32 Å². The van der Waals surface area contributed by atoms with Crippen LogP contribution in [0.5, 0.6) is 0 Å². The molecule has 0 aliphatic rings. The summed E-state index contributed by atoms with van der Waals surface area (Å²) in [4.78, 5) is 21.8. The third-order valence-corrected chi connectivity index (χ3v) is 1.78. The topological polar surface area (TPSA) is 84.2 Å². The Kier molecular flexibility index (Phi) is 3.31. The molecule has 0 spiro atoms. The Morgan fingerprint density at radius 1 is 1.38 bits per heavy atom. The smallest absolute Gasteiger partial charge is 0.327 e. The van der Waals surface area contributed by atoms with E-state index in [0.29, 0.717) is 5.76 Å². The summed E-state index contributed by atoms with van der Waals surface area (Å²) in [5, 5.41) is 8.13. The Hall–Kier alpha value is -1.85. The first-order valence-corrected chi connectivity index (χ1v) is 4.85. The third kappa shape index (κ3) is 3.38. The summed E-state index contributed by atoms with van der Waals surface area (Å²) < 4.78 is 5.06. The Bertz CT molecular complexity index is 404. The summed E-state index contributed by atoms with van der Waals surface area (Å²) >= 11 is 0. The minimum atomic E-state index is -0.624. The van der Waals surface area contributed by atoms with Gasteiger partial charge in [-0.05, 0) is 0 Å². The van der Waals surface area contributed by atoms with E-state index in [1.165, 1.54) is 6.92 Å². The van der Waals surface area contributed by atoms with Crippen LogP contribution >= 0.6 is 0 Å². The second-order valence-corrected chi connectivity index (χ2v) is 4.46. The fraction of sp³-hybridized carbons (Fsp3) is 0.500. The molecule has 0 atom stereocenters. The van der Waals surface area contributed by atoms with Crippen molar-refractivity contribution < 1.29 is 14.1 Å². The van der Waals surface area contributed by atoms with E-state index in [-0.39, 0.29) is 11.2 Å². The molecule has 0 aliphatic heterocycles. The maximum atomic E-state index is 11.2. The van der Waals surface area contributed by atoms with Gasteiger partial charge in [0.1, 0.15) is 5.76 Å². The molecule has 1 rings (SSSR count). The quantitative estimate of drug-likeness (QED) is 0.760. The number of nitrogens with one attached hydrogen (secondary N) is 2. The molecule has 6 heteroatoms. The SMILES string of the molecule is CC(=O)NC(=O)Nc1cc(C(C)(C)C)on1. The minimum Gasteiger partial charge on any atom is -0.359 e. The summed E-state index contributed by atoms with van der Waals surface area (Å²) in [7, 11) is 0. The molecule has 0 saturated heterocycles. The number of carbonyl (C=O) groups excluding carboxylic acids is 2. The van der Waals surface area contributed by atoms with Crippen LogP contribution in [0.4, 0.5) is 10.6 Å². The van der Waals surface area contributed by atoms with Crippen molar-refractivity contribution in [3.8, 4) is 0 Å². The molecule has 0 aliphatic carbocycles. The molecule has 0 fully saturated rings. The number of imide groups is 1. The van der Waals surface area contributed by atoms with Gasteiger partial charge in [-0.1, -0.05) is 25.9 Å². The van der Waals surface area contributed by atoms with Crippen LogP contribution in [-0.4, -0.2) is 17.1 Å². The number of rotatable bonds is 1. The molecule has 6 nitrogen and oxygen atoms in total. The van der Waals surface area contributed by atoms with Crippen molar-refractivity contribution in [2.24, 2.45) is 0 Å². The Morgan fingerprint density at radius 3 is 2.44 bits per heavy atom. The average Bonchev–Trinajstić information content (AvgIpc) is 2.49. The van der Waals surface area contributed by atoms with Crippen molar-refractivity contribution in [2.45, 2.75) is 33.1 Å². The molecule has 0 radical (unpaired) electrons. The predicted octanol–water partition coefficient (Wildman–Crippen LogP) is 1.64. The molecule has 1 aromatic rings. The van der Waals surface area contributed by atoms with Crippen molar-refractivity contribution in [1.82, 2.24) is 10.5 Å². The average molecular weight is 225 g/mol. The molecule has 0 unspecified atom stereocenters. The van der Waals surface area contributed by atoms with E-state index < -0.39 is 11.9 Å². The maximum absolute atomic E-state index is 11.2. The fourth-order valence-corrected chi connectivity index (χ4v) is 0.995. The zero-order valence-corrected chi connectivity index (χ0v) is 9.75. The Labute approximate surface area is 93.4 Å². The number of hydrogen-bond donors (Lipinski definition) is 2. The van der Waals surface area contributed by atoms with Gasteiger partial charge < -0.3 is 4.52 Å². The van der Waals surface area contributed by atoms with Crippen LogP contribution in [0.1, 0.15) is 33.5 Å². The van der Waals surface area contributed by atoms with E-state index in [4.69, 9.17) is 4.52 Å². The third-order valence-electron chi connectivity index (χ3n) is 1.78. The number of aromatic nitrogens is 1. The highest BCUT2D eigenvalue weighted by molar-refractivity contribution is 5.99. The van der Waals surface area contributed by atoms with E-state index in [2.05, 4.69) is 15.8 Å². The lowest BCUT2D eigenvalue weighted by atomic mass is 9.93. The monoisotopic (exact) mass is 225 g/mol. The standard InChI is InChI=1S/C10H15N3O3/c1-6(14)11-9(15)12-8-5-7(16-13-8)10(2,3)4/h5H,1-4H3,(H2,11,12,13,14,15). The number of amides is 3. The second kappa shape index (κ2) is 4.34. The lowest BCUT2D eigenvalue weighted by Crippen LogP contribution is -2.32. The van der Waals surface area contributed by atoms with Crippen LogP contribution in [0.15, 0.2) is 10.6 Å². The highest BCUT2D eigenvalue weighted by Crippen LogP contribution is 2.24. The van der Waals surface area contributed by atoms with Crippen LogP contribution in [0.2, 0.25) is 0 Å². The highest BCUT2D eigenvalue weighted by atomic mass is 16.5. The van der Waals surface area contributed by atoms with Gasteiger partial charge in [0.25, 0.3) is 0 Å². The summed E-state index contributed by atoms with van der Waals surface area (Å²) in [6.07, 6.45) is 0. The molecule has 1 aromatic heterocycles. The van der Waals surface area contributed by atoms with Gasteiger partial charge in [-0.2, -0.15) is 0 Å². The van der Waals surface area contributed by atoms with Gasteiger partial charge in [0.05, 0.1) is 0 Å². The molecular formula is C10H15N3O3. The zero-order valence-electron chi connectivity index (χ0n) is 9.75. The second-order valence-electron chi connectivity index (χ2n) is 4.46. The normalized spacial score (nSPS) is 11.0. The van der Waals surface area contributed by atoms with Crippen molar-refractivity contribution in [3.63, 3.8) is 0 Å². The van der Waals surface area contributed by atoms with Gasteiger partial charge in [0.2, 0.25) is 5.91 Å². The fourth-order valence-electron chi connectivity index (χ4n) is 0.995. The lowest BCUT2D eigenvalue weighted by Gasteiger charge is -2.11. The number of anilines is 1. The first kappa shape index (κ1) is 12.2. The van der Waals surface area contributed by atoms with Gasteiger partial charge in [-0.15, -0.1) is 0 Å². The van der Waals surface area contributed by atoms with Crippen molar-refractivity contribution in [1.29, 1.82) is 0 Å². The first-order chi connectivity index (χ1) is 7.29. The van der Waals surface area contributed by atoms with Gasteiger partial charge in [0.15, 0.2) is 5.82 Å². The summed E-state index contributed by atoms with van der Waals surface area (Å²) in [6, 6.07) is 1.00. The number of hydrogen-bond acceptors (Lipinski definition) is 4. The lowest BCUT2D eigenvalue weighted by molar-refractivity contribution is -0.117. The van der Waals surface area contributed by atoms with E-state index in [0.717, 1.165) is 0 Å². The molecule has 3 amide bonds. The van der Waals surface area contributed by atoms with Gasteiger partial charge in [0, 0.05) is 18.4 Å². The van der Waals surface area contributed by atoms with Gasteiger partial charge in [-0.25, -0.2) is 4.79 Å². The molecule has 0 bridgehead atoms. The molecule has 0 saturated carbocycles. The zero-order chi connectivity index (χ0) is 12.3. The van der Waals surface area contributed by atoms with E-state index in [1.54, 1.807) is 6.07 Å². The van der Waals surface area contributed by atoms with Crippen molar-refractivity contribution >= 4 is 17.8 Å². The van der Waals surface area contributed by atoms with Crippen molar-refractivity contribution in [3.05, 3.63) is 11.8 Å². The Morgan fingerprint density at radius 2 is 2.00 bits per heavy atom. The summed E-state index contributed by atoms with van der Waals surface area (Å²) in [5.41, 5.74) is -0.177. The van der Waals surface area contributed by atoms with Gasteiger partial charge >= 0.3 is 6.03 Å². The van der Waals surface area contributed by atoms with E-state index >= 15 is 0 Å². The number of urea groups is 1. The minimum absolute atomic E-state index is 0.177. The molecule has 88 valence electrons. The first-order valence-electron chi connectivity index (χ1n) is 4.85. The van der Waals surface area contributed by atoms with Crippen LogP contribution in [0.25, 0.3) is 0 Å². The summed E-state index contributed by atoms with van der Waals surface area (Å²) in [5.74, 6) is 0.506. The molecule has 16 heavy (non-hydrogen) atoms. The van der Waals surface area contributed by atoms with E-state index in [9.17, 15) is 9.59 Å². The van der Waals surface area contributed by atoms with Crippen LogP contribution in [0.3, 0.4) is 0 Å². The Balaban J connectivity index is 2.66. The van der Waals surface area contributed by atoms with Crippen LogP contribution < -0.4 is 10.6 Å². The van der Waals surface area contributed by atoms with Crippen LogP contribution in [0, 0.1) is 0 Å². The predicted molar refractivity (Wildman–Crippen MR) is 58.0 cm³/mol. The maximum Gasteiger partial charge on any atom is 0.327 e. The van der Waals surface area contributed by atoms with E-state index in [1.807, 2.05) is 20.8 Å². The number of nitrogens with zero attached hydrogens (tertiary/aromatic N) is 1. The molecule has 1 heterocycles. The van der Waals surface area contributed by atoms with Gasteiger partial charge in [-0.3, -0.25) is 15.4 Å². The molecule has 0 aromatic carbocycles. The largest absolute Gasteiger partial charge is 0.359 e. The molecule has 2 N–H and O–H groups in total. The number of carbonyl (C=O) groups is 2. The summed E-state index contributed by atoms with van der Waals surface area (Å²) in [6.45, 7) is 7.15. The van der Waals surface area contributed by atoms with Crippen LogP contribution in [-0.2, 0) is 10.2 Å².